The van der Waals surface area contributed by atoms with Crippen LogP contribution in [0.1, 0.15) is 40.9 Å². The number of sulfonamides is 1. The molecular weight excluding hydrogens is 468 g/mol. The van der Waals surface area contributed by atoms with Gasteiger partial charge in [0.15, 0.2) is 0 Å². The number of carbonyl (C=O) groups is 3. The minimum atomic E-state index is -3.86. The molecule has 10 heteroatoms. The summed E-state index contributed by atoms with van der Waals surface area (Å²) in [4.78, 5) is 36.4. The highest BCUT2D eigenvalue weighted by Gasteiger charge is 2.19. The summed E-state index contributed by atoms with van der Waals surface area (Å²) in [6.45, 7) is 1.46. The summed E-state index contributed by atoms with van der Waals surface area (Å²) in [5, 5.41) is 2.71. The number of nitrogens with one attached hydrogen (secondary N) is 4. The average molecular weight is 495 g/mol. The van der Waals surface area contributed by atoms with Gasteiger partial charge in [0.25, 0.3) is 5.91 Å². The van der Waals surface area contributed by atoms with Gasteiger partial charge in [-0.15, -0.1) is 0 Å². The van der Waals surface area contributed by atoms with Crippen molar-refractivity contribution >= 4 is 27.7 Å². The molecule has 3 aromatic rings. The molecule has 35 heavy (non-hydrogen) atoms. The van der Waals surface area contributed by atoms with E-state index in [1.165, 1.54) is 31.2 Å². The van der Waals surface area contributed by atoms with E-state index in [4.69, 9.17) is 0 Å². The standard InChI is InChI=1S/C25H26N4O5S/c1-18(30)27-23(20-11-6-3-7-12-20)16-24(31)28-29-25(32)21-13-8-14-22(15-21)35(33,34)26-17-19-9-4-2-5-10-19/h2-15,23,26H,16-17H2,1H3,(H,27,30)(H,28,31)(H,29,32)/t23-/m0/s1. The SMILES string of the molecule is CC(=O)N[C@@H](CC(=O)NNC(=O)c1cccc(S(=O)(=O)NCc2ccccc2)c1)c1ccccc1. The summed E-state index contributed by atoms with van der Waals surface area (Å²) in [7, 11) is -3.86. The third kappa shape index (κ3) is 7.76. The molecule has 3 rings (SSSR count). The minimum Gasteiger partial charge on any atom is -0.349 e. The van der Waals surface area contributed by atoms with Gasteiger partial charge in [0.2, 0.25) is 21.8 Å². The van der Waals surface area contributed by atoms with Crippen LogP contribution >= 0.6 is 0 Å². The van der Waals surface area contributed by atoms with E-state index >= 15 is 0 Å². The molecule has 9 nitrogen and oxygen atoms in total. The van der Waals surface area contributed by atoms with Gasteiger partial charge in [-0.3, -0.25) is 25.2 Å². The van der Waals surface area contributed by atoms with Crippen LogP contribution in [0.25, 0.3) is 0 Å². The minimum absolute atomic E-state index is 0.0503. The maximum atomic E-state index is 12.6. The molecule has 0 aliphatic heterocycles. The highest BCUT2D eigenvalue weighted by Crippen LogP contribution is 2.16. The van der Waals surface area contributed by atoms with Gasteiger partial charge in [-0.05, 0) is 29.3 Å². The van der Waals surface area contributed by atoms with Crippen molar-refractivity contribution in [1.82, 2.24) is 20.9 Å². The zero-order valence-corrected chi connectivity index (χ0v) is 19.8. The van der Waals surface area contributed by atoms with E-state index in [0.29, 0.717) is 0 Å². The first-order chi connectivity index (χ1) is 16.7. The van der Waals surface area contributed by atoms with Crippen LogP contribution in [0.5, 0.6) is 0 Å². The average Bonchev–Trinajstić information content (AvgIpc) is 2.86. The first-order valence-electron chi connectivity index (χ1n) is 10.8. The molecule has 0 bridgehead atoms. The molecule has 3 aromatic carbocycles. The lowest BCUT2D eigenvalue weighted by molar-refractivity contribution is -0.123. The Morgan fingerprint density at radius 2 is 1.49 bits per heavy atom. The number of hydrogen-bond donors (Lipinski definition) is 4. The summed E-state index contributed by atoms with van der Waals surface area (Å²) in [6, 6.07) is 22.9. The largest absolute Gasteiger partial charge is 0.349 e. The third-order valence-electron chi connectivity index (χ3n) is 5.00. The number of amides is 3. The maximum Gasteiger partial charge on any atom is 0.269 e. The van der Waals surface area contributed by atoms with Crippen LogP contribution in [-0.2, 0) is 26.2 Å². The van der Waals surface area contributed by atoms with Gasteiger partial charge < -0.3 is 5.32 Å². The van der Waals surface area contributed by atoms with Crippen molar-refractivity contribution in [2.75, 3.05) is 0 Å². The predicted octanol–water partition coefficient (Wildman–Crippen LogP) is 2.19. The van der Waals surface area contributed by atoms with Crippen molar-refractivity contribution in [3.05, 3.63) is 102 Å². The van der Waals surface area contributed by atoms with Crippen LogP contribution in [0.4, 0.5) is 0 Å². The molecule has 0 aromatic heterocycles. The van der Waals surface area contributed by atoms with Gasteiger partial charge in [0.1, 0.15) is 0 Å². The van der Waals surface area contributed by atoms with Crippen molar-refractivity contribution in [1.29, 1.82) is 0 Å². The molecule has 3 amide bonds. The summed E-state index contributed by atoms with van der Waals surface area (Å²) >= 11 is 0. The number of rotatable bonds is 9. The second-order valence-corrected chi connectivity index (χ2v) is 9.48. The van der Waals surface area contributed by atoms with Crippen molar-refractivity contribution < 1.29 is 22.8 Å². The molecule has 0 aliphatic rings. The first kappa shape index (κ1) is 25.6. The molecular formula is C25H26N4O5S. The number of carbonyl (C=O) groups excluding carboxylic acids is 3. The highest BCUT2D eigenvalue weighted by atomic mass is 32.2. The molecule has 0 unspecified atom stereocenters. The molecule has 1 atom stereocenters. The van der Waals surface area contributed by atoms with Gasteiger partial charge >= 0.3 is 0 Å². The molecule has 0 fully saturated rings. The van der Waals surface area contributed by atoms with Gasteiger partial charge in [-0.25, -0.2) is 13.1 Å². The Morgan fingerprint density at radius 3 is 2.14 bits per heavy atom. The summed E-state index contributed by atoms with van der Waals surface area (Å²) in [6.07, 6.45) is -0.109. The van der Waals surface area contributed by atoms with E-state index in [1.807, 2.05) is 12.1 Å². The van der Waals surface area contributed by atoms with Crippen LogP contribution in [0, 0.1) is 0 Å². The van der Waals surface area contributed by atoms with Crippen molar-refractivity contribution in [3.63, 3.8) is 0 Å². The molecule has 0 aliphatic carbocycles. The van der Waals surface area contributed by atoms with Crippen molar-refractivity contribution in [2.24, 2.45) is 0 Å². The van der Waals surface area contributed by atoms with Crippen molar-refractivity contribution in [3.8, 4) is 0 Å². The van der Waals surface area contributed by atoms with E-state index in [9.17, 15) is 22.8 Å². The van der Waals surface area contributed by atoms with Gasteiger partial charge in [-0.1, -0.05) is 66.7 Å². The Hall–Kier alpha value is -4.02. The van der Waals surface area contributed by atoms with E-state index in [-0.39, 0.29) is 29.3 Å². The summed E-state index contributed by atoms with van der Waals surface area (Å²) in [5.41, 5.74) is 6.17. The zero-order valence-electron chi connectivity index (χ0n) is 19.0. The van der Waals surface area contributed by atoms with Crippen LogP contribution in [0.2, 0.25) is 0 Å². The number of benzene rings is 3. The third-order valence-corrected chi connectivity index (χ3v) is 6.40. The molecule has 0 spiro atoms. The van der Waals surface area contributed by atoms with Crippen LogP contribution in [0.3, 0.4) is 0 Å². The zero-order chi connectivity index (χ0) is 25.3. The Kier molecular flexibility index (Phi) is 8.71. The lowest BCUT2D eigenvalue weighted by Gasteiger charge is -2.18. The summed E-state index contributed by atoms with van der Waals surface area (Å²) < 4.78 is 27.8. The Bertz CT molecular complexity index is 1280. The monoisotopic (exact) mass is 494 g/mol. The number of hydrazine groups is 1. The first-order valence-corrected chi connectivity index (χ1v) is 12.3. The lowest BCUT2D eigenvalue weighted by Crippen LogP contribution is -2.43. The summed E-state index contributed by atoms with van der Waals surface area (Å²) in [5.74, 6) is -1.52. The fourth-order valence-electron chi connectivity index (χ4n) is 3.28. The van der Waals surface area contributed by atoms with Crippen molar-refractivity contribution in [2.45, 2.75) is 30.8 Å². The van der Waals surface area contributed by atoms with E-state index in [0.717, 1.165) is 11.1 Å². The van der Waals surface area contributed by atoms with E-state index in [1.54, 1.807) is 48.5 Å². The molecule has 0 saturated heterocycles. The molecule has 182 valence electrons. The fraction of sp³-hybridized carbons (Fsp3) is 0.160. The molecule has 4 N–H and O–H groups in total. The van der Waals surface area contributed by atoms with Gasteiger partial charge in [0.05, 0.1) is 17.4 Å². The Labute approximate surface area is 204 Å². The topological polar surface area (TPSA) is 133 Å². The Balaban J connectivity index is 1.60. The van der Waals surface area contributed by atoms with Crippen LogP contribution < -0.4 is 20.9 Å². The van der Waals surface area contributed by atoms with Crippen LogP contribution in [-0.4, -0.2) is 26.1 Å². The molecule has 0 heterocycles. The lowest BCUT2D eigenvalue weighted by atomic mass is 10.0. The predicted molar refractivity (Wildman–Crippen MR) is 130 cm³/mol. The van der Waals surface area contributed by atoms with E-state index in [2.05, 4.69) is 20.9 Å². The second kappa shape index (κ2) is 11.9. The van der Waals surface area contributed by atoms with Gasteiger partial charge in [0, 0.05) is 19.0 Å². The maximum absolute atomic E-state index is 12.6. The smallest absolute Gasteiger partial charge is 0.269 e. The quantitative estimate of drug-likeness (QED) is 0.339. The molecule has 0 saturated carbocycles. The fourth-order valence-corrected chi connectivity index (χ4v) is 4.34. The normalized spacial score (nSPS) is 11.8. The highest BCUT2D eigenvalue weighted by molar-refractivity contribution is 7.89. The second-order valence-electron chi connectivity index (χ2n) is 7.71. The molecule has 0 radical (unpaired) electrons. The number of hydrogen-bond acceptors (Lipinski definition) is 5. The van der Waals surface area contributed by atoms with E-state index < -0.39 is 27.9 Å². The van der Waals surface area contributed by atoms with Crippen LogP contribution in [0.15, 0.2) is 89.8 Å². The Morgan fingerprint density at radius 1 is 0.829 bits per heavy atom. The van der Waals surface area contributed by atoms with Gasteiger partial charge in [-0.2, -0.15) is 0 Å².